The standard InChI is InChI=1S/C14H24N2/c1-5-6-10-16-11-8-7-9-13(2)12-14(3)15-4/h6-11,14-15H,5,12H2,1-4H3/b8-7-,10-6?,13-9+,16-11?/t14-/m1/s1. The second kappa shape index (κ2) is 10.4. The molecule has 2 heteroatoms. The van der Waals surface area contributed by atoms with Crippen LogP contribution in [-0.4, -0.2) is 19.3 Å². The second-order valence-corrected chi connectivity index (χ2v) is 3.88. The third kappa shape index (κ3) is 9.41. The molecular weight excluding hydrogens is 196 g/mol. The van der Waals surface area contributed by atoms with E-state index in [1.807, 2.05) is 31.5 Å². The van der Waals surface area contributed by atoms with E-state index in [1.54, 1.807) is 6.21 Å². The Morgan fingerprint density at radius 3 is 2.75 bits per heavy atom. The van der Waals surface area contributed by atoms with Crippen LogP contribution in [-0.2, 0) is 0 Å². The highest BCUT2D eigenvalue weighted by Crippen LogP contribution is 2.03. The minimum atomic E-state index is 0.533. The molecule has 0 fully saturated rings. The van der Waals surface area contributed by atoms with Gasteiger partial charge in [0.15, 0.2) is 0 Å². The van der Waals surface area contributed by atoms with Crippen molar-refractivity contribution in [2.45, 2.75) is 39.7 Å². The number of rotatable bonds is 7. The fraction of sp³-hybridized carbons (Fsp3) is 0.500. The summed E-state index contributed by atoms with van der Waals surface area (Å²) < 4.78 is 0. The lowest BCUT2D eigenvalue weighted by molar-refractivity contribution is 0.605. The van der Waals surface area contributed by atoms with Crippen molar-refractivity contribution < 1.29 is 0 Å². The van der Waals surface area contributed by atoms with Crippen molar-refractivity contribution in [1.82, 2.24) is 5.32 Å². The highest BCUT2D eigenvalue weighted by atomic mass is 14.8. The van der Waals surface area contributed by atoms with E-state index >= 15 is 0 Å². The Labute approximate surface area is 99.9 Å². The molecule has 0 saturated heterocycles. The summed E-state index contributed by atoms with van der Waals surface area (Å²) in [5, 5.41) is 3.22. The normalized spacial score (nSPS) is 15.6. The molecule has 0 rings (SSSR count). The monoisotopic (exact) mass is 220 g/mol. The van der Waals surface area contributed by atoms with Crippen LogP contribution in [0, 0.1) is 0 Å². The van der Waals surface area contributed by atoms with Gasteiger partial charge in [0.1, 0.15) is 0 Å². The van der Waals surface area contributed by atoms with E-state index in [9.17, 15) is 0 Å². The molecule has 1 N–H and O–H groups in total. The first-order valence-corrected chi connectivity index (χ1v) is 5.88. The SMILES string of the molecule is CCC=CN=C/C=C\C=C(/C)C[C@@H](C)NC. The summed E-state index contributed by atoms with van der Waals surface area (Å²) in [6, 6.07) is 0.533. The average Bonchev–Trinajstić information content (AvgIpc) is 2.27. The molecule has 2 nitrogen and oxygen atoms in total. The van der Waals surface area contributed by atoms with Crippen molar-refractivity contribution in [3.8, 4) is 0 Å². The quantitative estimate of drug-likeness (QED) is 0.515. The first-order valence-electron chi connectivity index (χ1n) is 5.88. The van der Waals surface area contributed by atoms with Gasteiger partial charge < -0.3 is 5.32 Å². The summed E-state index contributed by atoms with van der Waals surface area (Å²) in [6.07, 6.45) is 13.9. The fourth-order valence-electron chi connectivity index (χ4n) is 1.19. The number of nitrogens with one attached hydrogen (secondary N) is 1. The molecule has 0 radical (unpaired) electrons. The van der Waals surface area contributed by atoms with Gasteiger partial charge in [-0.3, -0.25) is 4.99 Å². The molecule has 0 spiro atoms. The molecule has 0 aliphatic carbocycles. The van der Waals surface area contributed by atoms with Crippen LogP contribution in [0.1, 0.15) is 33.6 Å². The van der Waals surface area contributed by atoms with Crippen molar-refractivity contribution >= 4 is 6.21 Å². The molecule has 1 atom stereocenters. The summed E-state index contributed by atoms with van der Waals surface area (Å²) in [6.45, 7) is 6.42. The Hall–Kier alpha value is -1.15. The zero-order chi connectivity index (χ0) is 12.2. The Morgan fingerprint density at radius 1 is 1.38 bits per heavy atom. The average molecular weight is 220 g/mol. The Kier molecular flexibility index (Phi) is 9.63. The van der Waals surface area contributed by atoms with Gasteiger partial charge in [0.25, 0.3) is 0 Å². The lowest BCUT2D eigenvalue weighted by atomic mass is 10.1. The molecule has 0 heterocycles. The van der Waals surface area contributed by atoms with Crippen molar-refractivity contribution in [3.05, 3.63) is 36.1 Å². The Bertz CT molecular complexity index is 272. The molecule has 0 amide bonds. The summed E-state index contributed by atoms with van der Waals surface area (Å²) in [4.78, 5) is 4.10. The van der Waals surface area contributed by atoms with E-state index in [4.69, 9.17) is 0 Å². The van der Waals surface area contributed by atoms with Gasteiger partial charge >= 0.3 is 0 Å². The van der Waals surface area contributed by atoms with Crippen LogP contribution in [0.25, 0.3) is 0 Å². The maximum absolute atomic E-state index is 4.10. The second-order valence-electron chi connectivity index (χ2n) is 3.88. The first kappa shape index (κ1) is 14.8. The van der Waals surface area contributed by atoms with E-state index in [1.165, 1.54) is 5.57 Å². The van der Waals surface area contributed by atoms with Crippen LogP contribution < -0.4 is 5.32 Å². The van der Waals surface area contributed by atoms with E-state index in [2.05, 4.69) is 37.2 Å². The van der Waals surface area contributed by atoms with Crippen LogP contribution in [0.5, 0.6) is 0 Å². The topological polar surface area (TPSA) is 24.4 Å². The van der Waals surface area contributed by atoms with Crippen LogP contribution in [0.2, 0.25) is 0 Å². The number of hydrogen-bond acceptors (Lipinski definition) is 2. The number of hydrogen-bond donors (Lipinski definition) is 1. The first-order chi connectivity index (χ1) is 7.70. The van der Waals surface area contributed by atoms with Crippen molar-refractivity contribution in [2.24, 2.45) is 4.99 Å². The minimum Gasteiger partial charge on any atom is -0.317 e. The van der Waals surface area contributed by atoms with Crippen LogP contribution in [0.15, 0.2) is 41.1 Å². The fourth-order valence-corrected chi connectivity index (χ4v) is 1.19. The largest absolute Gasteiger partial charge is 0.317 e. The van der Waals surface area contributed by atoms with Gasteiger partial charge in [0.2, 0.25) is 0 Å². The highest BCUT2D eigenvalue weighted by Gasteiger charge is 1.96. The number of aliphatic imine (C=N–C) groups is 1. The Balaban J connectivity index is 3.92. The molecule has 0 aromatic heterocycles. The molecule has 0 aromatic rings. The molecule has 0 bridgehead atoms. The van der Waals surface area contributed by atoms with E-state index in [0.717, 1.165) is 12.8 Å². The number of allylic oxidation sites excluding steroid dienone is 4. The molecular formula is C14H24N2. The lowest BCUT2D eigenvalue weighted by Crippen LogP contribution is -2.20. The molecule has 0 unspecified atom stereocenters. The van der Waals surface area contributed by atoms with Gasteiger partial charge in [-0.2, -0.15) is 0 Å². The summed E-state index contributed by atoms with van der Waals surface area (Å²) in [5.74, 6) is 0. The van der Waals surface area contributed by atoms with E-state index in [-0.39, 0.29) is 0 Å². The maximum atomic E-state index is 4.10. The van der Waals surface area contributed by atoms with Gasteiger partial charge in [0.05, 0.1) is 0 Å². The van der Waals surface area contributed by atoms with Gasteiger partial charge in [-0.15, -0.1) is 0 Å². The van der Waals surface area contributed by atoms with Crippen LogP contribution in [0.3, 0.4) is 0 Å². The lowest BCUT2D eigenvalue weighted by Gasteiger charge is -2.08. The van der Waals surface area contributed by atoms with Gasteiger partial charge in [-0.05, 0) is 39.8 Å². The van der Waals surface area contributed by atoms with Crippen molar-refractivity contribution in [1.29, 1.82) is 0 Å². The van der Waals surface area contributed by atoms with Crippen molar-refractivity contribution in [3.63, 3.8) is 0 Å². The van der Waals surface area contributed by atoms with Crippen LogP contribution in [0.4, 0.5) is 0 Å². The van der Waals surface area contributed by atoms with Gasteiger partial charge in [-0.25, -0.2) is 0 Å². The predicted molar refractivity (Wildman–Crippen MR) is 74.0 cm³/mol. The zero-order valence-corrected chi connectivity index (χ0v) is 10.9. The smallest absolute Gasteiger partial charge is 0.0267 e. The summed E-state index contributed by atoms with van der Waals surface area (Å²) in [7, 11) is 1.99. The van der Waals surface area contributed by atoms with Gasteiger partial charge in [0, 0.05) is 18.5 Å². The van der Waals surface area contributed by atoms with Gasteiger partial charge in [-0.1, -0.05) is 30.7 Å². The highest BCUT2D eigenvalue weighted by molar-refractivity contribution is 5.72. The molecule has 16 heavy (non-hydrogen) atoms. The predicted octanol–water partition coefficient (Wildman–Crippen LogP) is 3.48. The number of nitrogens with zero attached hydrogens (tertiary/aromatic N) is 1. The molecule has 0 aliphatic rings. The molecule has 0 saturated carbocycles. The van der Waals surface area contributed by atoms with E-state index in [0.29, 0.717) is 6.04 Å². The Morgan fingerprint density at radius 2 is 2.12 bits per heavy atom. The van der Waals surface area contributed by atoms with Crippen LogP contribution >= 0.6 is 0 Å². The summed E-state index contributed by atoms with van der Waals surface area (Å²) in [5.41, 5.74) is 1.37. The third-order valence-corrected chi connectivity index (χ3v) is 2.21. The zero-order valence-electron chi connectivity index (χ0n) is 10.9. The molecule has 0 aliphatic heterocycles. The minimum absolute atomic E-state index is 0.533. The molecule has 90 valence electrons. The van der Waals surface area contributed by atoms with Crippen molar-refractivity contribution in [2.75, 3.05) is 7.05 Å². The maximum Gasteiger partial charge on any atom is 0.0267 e. The molecule has 0 aromatic carbocycles. The van der Waals surface area contributed by atoms with E-state index < -0.39 is 0 Å². The summed E-state index contributed by atoms with van der Waals surface area (Å²) >= 11 is 0. The third-order valence-electron chi connectivity index (χ3n) is 2.21.